The van der Waals surface area contributed by atoms with E-state index in [1.165, 1.54) is 0 Å². The summed E-state index contributed by atoms with van der Waals surface area (Å²) in [5.41, 5.74) is 10.3. The number of hydrogen-bond acceptors (Lipinski definition) is 18. The quantitative estimate of drug-likeness (QED) is 0.0853. The Labute approximate surface area is 257 Å². The summed E-state index contributed by atoms with van der Waals surface area (Å²) >= 11 is 0. The fourth-order valence-electron chi connectivity index (χ4n) is 0.612. The van der Waals surface area contributed by atoms with Crippen molar-refractivity contribution in [3.05, 3.63) is 0 Å². The Morgan fingerprint density at radius 3 is 0.667 bits per heavy atom. The molecule has 22 heteroatoms. The first kappa shape index (κ1) is 77.2. The van der Waals surface area contributed by atoms with E-state index in [2.05, 4.69) is 10.6 Å². The van der Waals surface area contributed by atoms with Crippen LogP contribution in [0.25, 0.3) is 0 Å². The number of quaternary nitrogens is 3. The molecule has 0 heterocycles. The third-order valence-electron chi connectivity index (χ3n) is 1.22. The van der Waals surface area contributed by atoms with Gasteiger partial charge in [0.2, 0.25) is 0 Å². The first-order chi connectivity index (χ1) is 17.2. The van der Waals surface area contributed by atoms with Crippen LogP contribution in [0.15, 0.2) is 0 Å². The van der Waals surface area contributed by atoms with Gasteiger partial charge in [-0.3, -0.25) is 0 Å². The van der Waals surface area contributed by atoms with Crippen molar-refractivity contribution in [2.45, 2.75) is 41.5 Å². The van der Waals surface area contributed by atoms with E-state index in [0.717, 1.165) is 54.6 Å². The fraction of sp³-hybridized carbons (Fsp3) is 0.700. The summed E-state index contributed by atoms with van der Waals surface area (Å²) < 4.78 is 0. The molecule has 0 saturated carbocycles. The van der Waals surface area contributed by atoms with Gasteiger partial charge < -0.3 is 110 Å². The molecule has 0 aromatic rings. The van der Waals surface area contributed by atoms with Crippen LogP contribution in [0.5, 0.6) is 0 Å². The second-order valence-corrected chi connectivity index (χ2v) is 5.47. The number of carbonyl (C=O) groups excluding carboxylic acids is 6. The summed E-state index contributed by atoms with van der Waals surface area (Å²) in [5, 5.41) is 75.5. The Kier molecular flexibility index (Phi) is 153. The Hall–Kier alpha value is -3.02. The monoisotopic (exact) mass is 672 g/mol. The average molecular weight is 673 g/mol. The molecular weight excluding hydrogens is 618 g/mol. The van der Waals surface area contributed by atoms with Crippen molar-refractivity contribution in [3.8, 4) is 0 Å². The zero-order valence-electron chi connectivity index (χ0n) is 26.0. The molecule has 21 nitrogen and oxygen atoms in total. The van der Waals surface area contributed by atoms with E-state index in [1.807, 2.05) is 0 Å². The molecule has 0 aliphatic rings. The van der Waals surface area contributed by atoms with Crippen molar-refractivity contribution < 1.29 is 86.7 Å². The van der Waals surface area contributed by atoms with Gasteiger partial charge in [0, 0.05) is 75.1 Å². The normalized spacial score (nSPS) is 6.71. The first-order valence-corrected chi connectivity index (χ1v) is 10.3. The molecule has 20 N–H and O–H groups in total. The second-order valence-electron chi connectivity index (χ2n) is 5.47. The van der Waals surface area contributed by atoms with Crippen molar-refractivity contribution in [3.63, 3.8) is 0 Å². The summed E-state index contributed by atoms with van der Waals surface area (Å²) in [6.45, 7) is 10.4. The molecule has 0 rings (SSSR count). The van der Waals surface area contributed by atoms with E-state index in [1.54, 1.807) is 0 Å². The molecule has 261 valence electrons. The van der Waals surface area contributed by atoms with Gasteiger partial charge in [-0.1, -0.05) is 0 Å². The Morgan fingerprint density at radius 2 is 0.595 bits per heavy atom. The summed E-state index contributed by atoms with van der Waals surface area (Å²) in [5.74, 6) is -6.50. The number of hydrogen-bond donors (Lipinski definition) is 9. The van der Waals surface area contributed by atoms with E-state index in [0.29, 0.717) is 26.2 Å². The van der Waals surface area contributed by atoms with E-state index in [-0.39, 0.29) is 48.7 Å². The number of carbonyl (C=O) groups is 6. The number of aliphatic hydroxyl groups excluding tert-OH is 2. The SMILES string of the molecule is CC(=O)[O-].CC(=O)[O-].CC(=O)[O-].CC(=O)[O-].CC(=O)[O-].CC(=O)[O-].NCCNCCO.NCCNCCO.[Fe+3].[NH4+].[NH4+].[NH4+]. The molecule has 0 fully saturated rings. The molecule has 0 spiro atoms. The molecule has 0 aromatic carbocycles. The molecule has 0 aliphatic carbocycles. The number of nitrogens with one attached hydrogen (secondary N) is 2. The zero-order valence-corrected chi connectivity index (χ0v) is 27.1. The predicted octanol–water partition coefficient (Wildman–Crippen LogP) is -9.28. The summed E-state index contributed by atoms with van der Waals surface area (Å²) in [6, 6.07) is 0. The smallest absolute Gasteiger partial charge is 0.550 e. The van der Waals surface area contributed by atoms with Crippen LogP contribution in [0.4, 0.5) is 0 Å². The van der Waals surface area contributed by atoms with Crippen LogP contribution in [-0.4, -0.2) is 98.5 Å². The van der Waals surface area contributed by atoms with Crippen molar-refractivity contribution in [1.82, 2.24) is 29.1 Å². The van der Waals surface area contributed by atoms with Crippen LogP contribution in [-0.2, 0) is 45.8 Å². The molecular formula is C20H54FeN7O14. The molecule has 0 bridgehead atoms. The van der Waals surface area contributed by atoms with Gasteiger partial charge in [-0.25, -0.2) is 0 Å². The van der Waals surface area contributed by atoms with Gasteiger partial charge in [0.1, 0.15) is 0 Å². The molecule has 0 unspecified atom stereocenters. The van der Waals surface area contributed by atoms with Gasteiger partial charge in [-0.15, -0.1) is 0 Å². The number of aliphatic carboxylic acids is 6. The van der Waals surface area contributed by atoms with Crippen LogP contribution in [0, 0.1) is 0 Å². The van der Waals surface area contributed by atoms with Gasteiger partial charge in [-0.2, -0.15) is 0 Å². The topological polar surface area (TPSA) is 467 Å². The minimum absolute atomic E-state index is 0. The van der Waals surface area contributed by atoms with Gasteiger partial charge in [0.25, 0.3) is 0 Å². The van der Waals surface area contributed by atoms with E-state index in [9.17, 15) is 0 Å². The summed E-state index contributed by atoms with van der Waals surface area (Å²) in [4.78, 5) is 53.3. The summed E-state index contributed by atoms with van der Waals surface area (Å²) in [6.07, 6.45) is 0. The second kappa shape index (κ2) is 83.2. The zero-order chi connectivity index (χ0) is 32.5. The molecule has 0 saturated heterocycles. The first-order valence-electron chi connectivity index (χ1n) is 10.3. The molecule has 42 heavy (non-hydrogen) atoms. The number of carboxylic acids is 6. The van der Waals surface area contributed by atoms with Gasteiger partial charge >= 0.3 is 17.1 Å². The van der Waals surface area contributed by atoms with Crippen molar-refractivity contribution in [1.29, 1.82) is 0 Å². The molecule has 0 atom stereocenters. The van der Waals surface area contributed by atoms with E-state index >= 15 is 0 Å². The molecule has 0 amide bonds. The molecule has 0 aromatic heterocycles. The van der Waals surface area contributed by atoms with E-state index < -0.39 is 35.8 Å². The van der Waals surface area contributed by atoms with E-state index in [4.69, 9.17) is 81.1 Å². The maximum atomic E-state index is 8.89. The molecule has 0 aliphatic heterocycles. The Morgan fingerprint density at radius 1 is 0.476 bits per heavy atom. The number of carboxylic acid groups (broad SMARTS) is 6. The summed E-state index contributed by atoms with van der Waals surface area (Å²) in [7, 11) is 0. The number of rotatable bonds is 8. The van der Waals surface area contributed by atoms with Crippen molar-refractivity contribution in [2.75, 3.05) is 52.5 Å². The Bertz CT molecular complexity index is 416. The average Bonchev–Trinajstić information content (AvgIpc) is 2.67. The Balaban J connectivity index is -0.0000000245. The van der Waals surface area contributed by atoms with Crippen molar-refractivity contribution >= 4 is 35.8 Å². The van der Waals surface area contributed by atoms with Gasteiger partial charge in [0.05, 0.1) is 13.2 Å². The van der Waals surface area contributed by atoms with Crippen LogP contribution in [0.3, 0.4) is 0 Å². The predicted molar refractivity (Wildman–Crippen MR) is 140 cm³/mol. The van der Waals surface area contributed by atoms with Crippen molar-refractivity contribution in [2.24, 2.45) is 11.5 Å². The third-order valence-corrected chi connectivity index (χ3v) is 1.22. The third kappa shape index (κ3) is 1930. The van der Waals surface area contributed by atoms with Gasteiger partial charge in [0.15, 0.2) is 0 Å². The van der Waals surface area contributed by atoms with Crippen LogP contribution in [0.1, 0.15) is 41.5 Å². The number of nitrogens with two attached hydrogens (primary N) is 2. The largest absolute Gasteiger partial charge is 3.00 e. The van der Waals surface area contributed by atoms with Crippen LogP contribution < -0.4 is 71.2 Å². The van der Waals surface area contributed by atoms with Crippen LogP contribution in [0.2, 0.25) is 0 Å². The number of aliphatic hydroxyl groups is 2. The maximum absolute atomic E-state index is 8.89. The molecule has 1 radical (unpaired) electrons. The van der Waals surface area contributed by atoms with Crippen LogP contribution >= 0.6 is 0 Å². The minimum atomic E-state index is -1.08. The minimum Gasteiger partial charge on any atom is -0.550 e. The standard InChI is InChI=1S/2C4H12N2O.6C2H4O2.Fe.3H3N/c2*5-1-2-6-3-4-7;6*1-2(3)4;;;;/h2*6-7H,1-5H2;6*1H3,(H,3,4);;3*1H3/q;;;;;;;;+3;;;/p-3. The maximum Gasteiger partial charge on any atom is 3.00 e. The fourth-order valence-corrected chi connectivity index (χ4v) is 0.612. The van der Waals surface area contributed by atoms with Gasteiger partial charge in [-0.05, 0) is 41.5 Å².